The zero-order chi connectivity index (χ0) is 11.6. The summed E-state index contributed by atoms with van der Waals surface area (Å²) < 4.78 is 5.75. The van der Waals surface area contributed by atoms with Gasteiger partial charge in [0.15, 0.2) is 0 Å². The second-order valence-corrected chi connectivity index (χ2v) is 5.66. The first-order valence-corrected chi connectivity index (χ1v) is 6.25. The van der Waals surface area contributed by atoms with Gasteiger partial charge in [-0.15, -0.1) is 0 Å². The second-order valence-electron chi connectivity index (χ2n) is 5.66. The Morgan fingerprint density at radius 1 is 1.25 bits per heavy atom. The molecule has 1 aromatic rings. The van der Waals surface area contributed by atoms with Crippen LogP contribution in [0.1, 0.15) is 37.8 Å². The van der Waals surface area contributed by atoms with Gasteiger partial charge in [-0.2, -0.15) is 0 Å². The van der Waals surface area contributed by atoms with Gasteiger partial charge in [-0.3, -0.25) is 0 Å². The van der Waals surface area contributed by atoms with Crippen molar-refractivity contribution in [2.45, 2.75) is 45.6 Å². The van der Waals surface area contributed by atoms with Crippen LogP contribution < -0.4 is 0 Å². The molecule has 2 rings (SSSR count). The highest BCUT2D eigenvalue weighted by atomic mass is 16.5. The van der Waals surface area contributed by atoms with Gasteiger partial charge in [0.25, 0.3) is 0 Å². The second kappa shape index (κ2) is 4.58. The summed E-state index contributed by atoms with van der Waals surface area (Å²) in [4.78, 5) is 0. The minimum absolute atomic E-state index is 0.0770. The molecular formula is C15H22O. The van der Waals surface area contributed by atoms with Crippen LogP contribution in [0.2, 0.25) is 0 Å². The molecule has 1 fully saturated rings. The third kappa shape index (κ3) is 3.08. The lowest BCUT2D eigenvalue weighted by Crippen LogP contribution is -2.34. The molecule has 0 amide bonds. The average molecular weight is 218 g/mol. The molecule has 1 saturated heterocycles. The van der Waals surface area contributed by atoms with E-state index in [4.69, 9.17) is 4.74 Å². The fourth-order valence-corrected chi connectivity index (χ4v) is 2.59. The molecule has 0 radical (unpaired) electrons. The van der Waals surface area contributed by atoms with Crippen molar-refractivity contribution in [2.75, 3.05) is 6.61 Å². The molecule has 0 spiro atoms. The first-order valence-electron chi connectivity index (χ1n) is 6.25. The van der Waals surface area contributed by atoms with E-state index in [2.05, 4.69) is 45.0 Å². The van der Waals surface area contributed by atoms with Gasteiger partial charge in [0.1, 0.15) is 0 Å². The minimum atomic E-state index is 0.0770. The van der Waals surface area contributed by atoms with Crippen LogP contribution in [0.3, 0.4) is 0 Å². The number of aryl methyl sites for hydroxylation is 1. The first-order chi connectivity index (χ1) is 7.55. The van der Waals surface area contributed by atoms with Gasteiger partial charge in [0.05, 0.1) is 5.60 Å². The Balaban J connectivity index is 1.97. The Hall–Kier alpha value is -0.820. The van der Waals surface area contributed by atoms with Crippen LogP contribution >= 0.6 is 0 Å². The molecule has 1 unspecified atom stereocenters. The van der Waals surface area contributed by atoms with Crippen molar-refractivity contribution >= 4 is 0 Å². The van der Waals surface area contributed by atoms with E-state index in [0.29, 0.717) is 0 Å². The van der Waals surface area contributed by atoms with Crippen molar-refractivity contribution in [1.29, 1.82) is 0 Å². The molecule has 1 aliphatic heterocycles. The highest BCUT2D eigenvalue weighted by Crippen LogP contribution is 2.30. The highest BCUT2D eigenvalue weighted by Gasteiger charge is 2.28. The Morgan fingerprint density at radius 3 is 2.56 bits per heavy atom. The molecule has 1 heterocycles. The zero-order valence-corrected chi connectivity index (χ0v) is 10.6. The summed E-state index contributed by atoms with van der Waals surface area (Å²) in [5, 5.41) is 0. The van der Waals surface area contributed by atoms with Gasteiger partial charge in [0.2, 0.25) is 0 Å². The summed E-state index contributed by atoms with van der Waals surface area (Å²) in [5.41, 5.74) is 2.89. The Morgan fingerprint density at radius 2 is 1.94 bits per heavy atom. The zero-order valence-electron chi connectivity index (χ0n) is 10.6. The van der Waals surface area contributed by atoms with Crippen molar-refractivity contribution in [3.05, 3.63) is 35.4 Å². The molecule has 88 valence electrons. The van der Waals surface area contributed by atoms with Crippen LogP contribution in [-0.4, -0.2) is 12.2 Å². The van der Waals surface area contributed by atoms with Crippen LogP contribution in [0.25, 0.3) is 0 Å². The molecule has 1 aliphatic rings. The van der Waals surface area contributed by atoms with E-state index >= 15 is 0 Å². The van der Waals surface area contributed by atoms with E-state index in [0.717, 1.165) is 12.5 Å². The van der Waals surface area contributed by atoms with Crippen molar-refractivity contribution in [3.8, 4) is 0 Å². The third-order valence-corrected chi connectivity index (χ3v) is 3.44. The number of hydrogen-bond donors (Lipinski definition) is 0. The standard InChI is InChI=1S/C15H22O/c1-12-4-6-13(7-5-12)10-14-8-9-16-15(2,3)11-14/h4-7,14H,8-11H2,1-3H3. The molecule has 16 heavy (non-hydrogen) atoms. The van der Waals surface area contributed by atoms with Gasteiger partial charge in [-0.1, -0.05) is 29.8 Å². The van der Waals surface area contributed by atoms with Crippen LogP contribution in [0.5, 0.6) is 0 Å². The maximum Gasteiger partial charge on any atom is 0.0629 e. The number of hydrogen-bond acceptors (Lipinski definition) is 1. The fraction of sp³-hybridized carbons (Fsp3) is 0.600. The molecule has 0 aromatic heterocycles. The monoisotopic (exact) mass is 218 g/mol. The van der Waals surface area contributed by atoms with Gasteiger partial charge in [-0.25, -0.2) is 0 Å². The topological polar surface area (TPSA) is 9.23 Å². The van der Waals surface area contributed by atoms with Crippen LogP contribution in [-0.2, 0) is 11.2 Å². The van der Waals surface area contributed by atoms with Gasteiger partial charge in [-0.05, 0) is 51.5 Å². The summed E-state index contributed by atoms with van der Waals surface area (Å²) in [6, 6.07) is 8.94. The molecule has 0 N–H and O–H groups in total. The van der Waals surface area contributed by atoms with Gasteiger partial charge < -0.3 is 4.74 Å². The van der Waals surface area contributed by atoms with E-state index in [1.807, 2.05) is 0 Å². The first kappa shape index (κ1) is 11.7. The van der Waals surface area contributed by atoms with Gasteiger partial charge >= 0.3 is 0 Å². The smallest absolute Gasteiger partial charge is 0.0629 e. The number of ether oxygens (including phenoxy) is 1. The molecule has 0 bridgehead atoms. The average Bonchev–Trinajstić information content (AvgIpc) is 2.20. The minimum Gasteiger partial charge on any atom is -0.376 e. The lowest BCUT2D eigenvalue weighted by Gasteiger charge is -2.35. The van der Waals surface area contributed by atoms with Crippen molar-refractivity contribution in [1.82, 2.24) is 0 Å². The number of rotatable bonds is 2. The summed E-state index contributed by atoms with van der Waals surface area (Å²) in [7, 11) is 0. The van der Waals surface area contributed by atoms with Crippen molar-refractivity contribution in [3.63, 3.8) is 0 Å². The summed E-state index contributed by atoms with van der Waals surface area (Å²) >= 11 is 0. The fourth-order valence-electron chi connectivity index (χ4n) is 2.59. The maximum absolute atomic E-state index is 5.75. The molecule has 1 heteroatoms. The predicted molar refractivity (Wildman–Crippen MR) is 67.6 cm³/mol. The van der Waals surface area contributed by atoms with E-state index in [1.165, 1.54) is 30.4 Å². The largest absolute Gasteiger partial charge is 0.376 e. The van der Waals surface area contributed by atoms with E-state index < -0.39 is 0 Å². The van der Waals surface area contributed by atoms with Crippen LogP contribution in [0, 0.1) is 12.8 Å². The SMILES string of the molecule is Cc1ccc(CC2CCOC(C)(C)C2)cc1. The predicted octanol–water partition coefficient (Wildman–Crippen LogP) is 3.74. The normalized spacial score (nSPS) is 24.3. The molecular weight excluding hydrogens is 196 g/mol. The Labute approximate surface area is 98.8 Å². The molecule has 1 nitrogen and oxygen atoms in total. The Bertz CT molecular complexity index is 337. The molecule has 1 atom stereocenters. The third-order valence-electron chi connectivity index (χ3n) is 3.44. The summed E-state index contributed by atoms with van der Waals surface area (Å²) in [6.07, 6.45) is 3.59. The molecule has 0 aliphatic carbocycles. The number of benzene rings is 1. The lowest BCUT2D eigenvalue weighted by atomic mass is 9.84. The maximum atomic E-state index is 5.75. The Kier molecular flexibility index (Phi) is 3.34. The lowest BCUT2D eigenvalue weighted by molar-refractivity contribution is -0.0721. The highest BCUT2D eigenvalue weighted by molar-refractivity contribution is 5.21. The van der Waals surface area contributed by atoms with E-state index in [9.17, 15) is 0 Å². The van der Waals surface area contributed by atoms with Crippen LogP contribution in [0.4, 0.5) is 0 Å². The quantitative estimate of drug-likeness (QED) is 0.734. The van der Waals surface area contributed by atoms with Gasteiger partial charge in [0, 0.05) is 6.61 Å². The molecule has 1 aromatic carbocycles. The summed E-state index contributed by atoms with van der Waals surface area (Å²) in [6.45, 7) is 7.47. The van der Waals surface area contributed by atoms with Crippen molar-refractivity contribution < 1.29 is 4.74 Å². The van der Waals surface area contributed by atoms with Crippen molar-refractivity contribution in [2.24, 2.45) is 5.92 Å². The van der Waals surface area contributed by atoms with E-state index in [1.54, 1.807) is 0 Å². The van der Waals surface area contributed by atoms with Crippen LogP contribution in [0.15, 0.2) is 24.3 Å². The summed E-state index contributed by atoms with van der Waals surface area (Å²) in [5.74, 6) is 0.784. The van der Waals surface area contributed by atoms with E-state index in [-0.39, 0.29) is 5.60 Å². The molecule has 0 saturated carbocycles.